The average molecular weight is 158 g/mol. The van der Waals surface area contributed by atoms with E-state index in [2.05, 4.69) is 5.32 Å². The second-order valence-corrected chi connectivity index (χ2v) is 2.57. The van der Waals surface area contributed by atoms with Crippen LogP contribution in [0.5, 0.6) is 0 Å². The molecular weight excluding hydrogens is 144 g/mol. The monoisotopic (exact) mass is 158 g/mol. The first-order valence-corrected chi connectivity index (χ1v) is 3.86. The zero-order valence-corrected chi connectivity index (χ0v) is 6.80. The lowest BCUT2D eigenvalue weighted by Gasteiger charge is -2.30. The molecule has 1 aliphatic rings. The van der Waals surface area contributed by atoms with Gasteiger partial charge in [-0.1, -0.05) is 0 Å². The lowest BCUT2D eigenvalue weighted by molar-refractivity contribution is 0.158. The van der Waals surface area contributed by atoms with Gasteiger partial charge in [-0.25, -0.2) is 4.79 Å². The largest absolute Gasteiger partial charge is 0.383 e. The quantitative estimate of drug-likeness (QED) is 0.589. The van der Waals surface area contributed by atoms with Crippen LogP contribution in [0.4, 0.5) is 4.79 Å². The fourth-order valence-electron chi connectivity index (χ4n) is 0.891. The van der Waals surface area contributed by atoms with Gasteiger partial charge in [0.05, 0.1) is 6.61 Å². The Morgan fingerprint density at radius 2 is 2.36 bits per heavy atom. The van der Waals surface area contributed by atoms with Crippen molar-refractivity contribution in [3.05, 3.63) is 0 Å². The lowest BCUT2D eigenvalue weighted by Crippen LogP contribution is -2.48. The van der Waals surface area contributed by atoms with Crippen molar-refractivity contribution < 1.29 is 9.53 Å². The van der Waals surface area contributed by atoms with Crippen molar-refractivity contribution in [3.8, 4) is 0 Å². The maximum absolute atomic E-state index is 11.1. The Hall–Kier alpha value is -0.770. The van der Waals surface area contributed by atoms with Crippen LogP contribution < -0.4 is 5.32 Å². The summed E-state index contributed by atoms with van der Waals surface area (Å²) in [5, 5.41) is 2.75. The molecule has 0 aliphatic carbocycles. The summed E-state index contributed by atoms with van der Waals surface area (Å²) in [6, 6.07) is 0.0355. The molecular formula is C7H14N2O2. The van der Waals surface area contributed by atoms with E-state index >= 15 is 0 Å². The summed E-state index contributed by atoms with van der Waals surface area (Å²) in [6.45, 7) is 2.99. The first-order valence-electron chi connectivity index (χ1n) is 3.86. The number of carbonyl (C=O) groups is 1. The first-order chi connectivity index (χ1) is 5.34. The summed E-state index contributed by atoms with van der Waals surface area (Å²) >= 11 is 0. The van der Waals surface area contributed by atoms with Crippen LogP contribution in [-0.2, 0) is 4.74 Å². The Kier molecular flexibility index (Phi) is 3.16. The number of hydrogen-bond donors (Lipinski definition) is 1. The predicted octanol–water partition coefficient (Wildman–Crippen LogP) is 0.0481. The number of rotatable bonds is 3. The molecule has 1 saturated heterocycles. The van der Waals surface area contributed by atoms with Crippen molar-refractivity contribution in [3.63, 3.8) is 0 Å². The minimum Gasteiger partial charge on any atom is -0.383 e. The van der Waals surface area contributed by atoms with Crippen molar-refractivity contribution in [2.24, 2.45) is 0 Å². The number of carbonyl (C=O) groups excluding carboxylic acids is 1. The van der Waals surface area contributed by atoms with Gasteiger partial charge in [-0.3, -0.25) is 0 Å². The number of amides is 2. The van der Waals surface area contributed by atoms with Gasteiger partial charge in [-0.05, 0) is 6.42 Å². The predicted molar refractivity (Wildman–Crippen MR) is 41.5 cm³/mol. The van der Waals surface area contributed by atoms with Crippen LogP contribution in [0.3, 0.4) is 0 Å². The highest BCUT2D eigenvalue weighted by Crippen LogP contribution is 2.04. The number of hydrogen-bond acceptors (Lipinski definition) is 2. The van der Waals surface area contributed by atoms with Gasteiger partial charge in [-0.15, -0.1) is 0 Å². The molecule has 0 radical (unpaired) electrons. The molecule has 0 atom stereocenters. The minimum absolute atomic E-state index is 0.0355. The standard InChI is InChI=1S/C7H14N2O2/c1-11-6-3-8-7(10)9-4-2-5-9/h2-6H2,1H3,(H,8,10). The zero-order chi connectivity index (χ0) is 8.10. The normalized spacial score (nSPS) is 15.9. The highest BCUT2D eigenvalue weighted by Gasteiger charge is 2.18. The SMILES string of the molecule is COCCNC(=O)N1CCC1. The van der Waals surface area contributed by atoms with Crippen molar-refractivity contribution in [2.75, 3.05) is 33.4 Å². The molecule has 0 unspecified atom stereocenters. The van der Waals surface area contributed by atoms with E-state index in [-0.39, 0.29) is 6.03 Å². The Labute approximate surface area is 66.5 Å². The summed E-state index contributed by atoms with van der Waals surface area (Å²) in [5.74, 6) is 0. The Balaban J connectivity index is 2.01. The van der Waals surface area contributed by atoms with E-state index in [0.717, 1.165) is 19.5 Å². The Morgan fingerprint density at radius 1 is 1.64 bits per heavy atom. The molecule has 64 valence electrons. The van der Waals surface area contributed by atoms with Gasteiger partial charge in [0.2, 0.25) is 0 Å². The third-order valence-corrected chi connectivity index (χ3v) is 1.73. The highest BCUT2D eigenvalue weighted by atomic mass is 16.5. The number of nitrogens with one attached hydrogen (secondary N) is 1. The lowest BCUT2D eigenvalue weighted by atomic mass is 10.2. The number of methoxy groups -OCH3 is 1. The molecule has 1 heterocycles. The maximum atomic E-state index is 11.1. The van der Waals surface area contributed by atoms with E-state index in [1.54, 1.807) is 12.0 Å². The van der Waals surface area contributed by atoms with Gasteiger partial charge in [0, 0.05) is 26.7 Å². The fraction of sp³-hybridized carbons (Fsp3) is 0.857. The average Bonchev–Trinajstić information content (AvgIpc) is 1.84. The molecule has 0 bridgehead atoms. The van der Waals surface area contributed by atoms with Crippen LogP contribution in [0.25, 0.3) is 0 Å². The highest BCUT2D eigenvalue weighted by molar-refractivity contribution is 5.74. The summed E-state index contributed by atoms with van der Waals surface area (Å²) in [7, 11) is 1.62. The van der Waals surface area contributed by atoms with E-state index in [1.165, 1.54) is 0 Å². The molecule has 2 amide bonds. The fourth-order valence-corrected chi connectivity index (χ4v) is 0.891. The van der Waals surface area contributed by atoms with Crippen LogP contribution in [0, 0.1) is 0 Å². The molecule has 0 spiro atoms. The van der Waals surface area contributed by atoms with Crippen molar-refractivity contribution in [2.45, 2.75) is 6.42 Å². The third kappa shape index (κ3) is 2.38. The van der Waals surface area contributed by atoms with E-state index in [1.807, 2.05) is 0 Å². The molecule has 1 rings (SSSR count). The van der Waals surface area contributed by atoms with E-state index in [0.29, 0.717) is 13.2 Å². The van der Waals surface area contributed by atoms with Gasteiger partial charge < -0.3 is 15.0 Å². The van der Waals surface area contributed by atoms with E-state index in [9.17, 15) is 4.79 Å². The second kappa shape index (κ2) is 4.18. The van der Waals surface area contributed by atoms with E-state index in [4.69, 9.17) is 4.74 Å². The van der Waals surface area contributed by atoms with Crippen LogP contribution in [-0.4, -0.2) is 44.3 Å². The molecule has 1 aliphatic heterocycles. The van der Waals surface area contributed by atoms with Crippen LogP contribution >= 0.6 is 0 Å². The van der Waals surface area contributed by atoms with Crippen molar-refractivity contribution in [1.82, 2.24) is 10.2 Å². The molecule has 1 fully saturated rings. The van der Waals surface area contributed by atoms with Gasteiger partial charge >= 0.3 is 6.03 Å². The number of ether oxygens (including phenoxy) is 1. The summed E-state index contributed by atoms with van der Waals surface area (Å²) in [6.07, 6.45) is 1.14. The number of likely N-dealkylation sites (tertiary alicyclic amines) is 1. The van der Waals surface area contributed by atoms with Crippen LogP contribution in [0.2, 0.25) is 0 Å². The van der Waals surface area contributed by atoms with Gasteiger partial charge in [0.25, 0.3) is 0 Å². The summed E-state index contributed by atoms with van der Waals surface area (Å²) in [5.41, 5.74) is 0. The summed E-state index contributed by atoms with van der Waals surface area (Å²) in [4.78, 5) is 12.8. The van der Waals surface area contributed by atoms with Gasteiger partial charge in [-0.2, -0.15) is 0 Å². The first kappa shape index (κ1) is 8.33. The second-order valence-electron chi connectivity index (χ2n) is 2.57. The smallest absolute Gasteiger partial charge is 0.317 e. The van der Waals surface area contributed by atoms with Crippen LogP contribution in [0.1, 0.15) is 6.42 Å². The molecule has 4 nitrogen and oxygen atoms in total. The molecule has 1 N–H and O–H groups in total. The zero-order valence-electron chi connectivity index (χ0n) is 6.80. The molecule has 11 heavy (non-hydrogen) atoms. The molecule has 0 aromatic heterocycles. The van der Waals surface area contributed by atoms with Crippen molar-refractivity contribution >= 4 is 6.03 Å². The topological polar surface area (TPSA) is 41.6 Å². The van der Waals surface area contributed by atoms with E-state index < -0.39 is 0 Å². The molecule has 0 aromatic carbocycles. The van der Waals surface area contributed by atoms with Crippen molar-refractivity contribution in [1.29, 1.82) is 0 Å². The summed E-state index contributed by atoms with van der Waals surface area (Å²) < 4.78 is 4.79. The van der Waals surface area contributed by atoms with Gasteiger partial charge in [0.15, 0.2) is 0 Å². The minimum atomic E-state index is 0.0355. The Bertz CT molecular complexity index is 134. The molecule has 0 aromatic rings. The number of nitrogens with zero attached hydrogens (tertiary/aromatic N) is 1. The maximum Gasteiger partial charge on any atom is 0.317 e. The third-order valence-electron chi connectivity index (χ3n) is 1.73. The Morgan fingerprint density at radius 3 is 2.82 bits per heavy atom. The molecule has 0 saturated carbocycles. The number of urea groups is 1. The van der Waals surface area contributed by atoms with Gasteiger partial charge in [0.1, 0.15) is 0 Å². The molecule has 4 heteroatoms. The van der Waals surface area contributed by atoms with Crippen LogP contribution in [0.15, 0.2) is 0 Å².